The Morgan fingerprint density at radius 3 is 2.44 bits per heavy atom. The van der Waals surface area contributed by atoms with Gasteiger partial charge in [0.05, 0.1) is 24.9 Å². The van der Waals surface area contributed by atoms with E-state index in [0.717, 1.165) is 18.2 Å². The largest absolute Gasteiger partial charge is 1.00 e. The van der Waals surface area contributed by atoms with Crippen LogP contribution in [-0.4, -0.2) is 81.8 Å². The van der Waals surface area contributed by atoms with Gasteiger partial charge in [0.15, 0.2) is 11.6 Å². The summed E-state index contributed by atoms with van der Waals surface area (Å²) in [5, 5.41) is 49.4. The monoisotopic (exact) mass is 628 g/mol. The third kappa shape index (κ3) is 8.80. The molecule has 6 atom stereocenters. The summed E-state index contributed by atoms with van der Waals surface area (Å²) < 4.78 is 38.5. The maximum Gasteiger partial charge on any atom is 1.00 e. The average molecular weight is 629 g/mol. The number of halogens is 4. The zero-order valence-electron chi connectivity index (χ0n) is 21.6. The van der Waals surface area contributed by atoms with Crippen LogP contribution in [0.25, 0.3) is 0 Å². The standard InChI is InChI=1S/C25H26Cl2F2N2O9.Na/c26-9-18(34)31-20-16(32)8-25(24(37)38,39-11-13-2-1-3-15(28)19(13)29)40-22(20)21(35)17(33)10-30-23(36)12-4-6-14(27)7-5-12;/h1-7,16-17,20-22,32-33,35H,8-11H2,(H,30,36)(H,31,34)(H,37,38);/q;+1/p-1/t16-,17+,20+,21-,22+,25+;/m0./s1. The van der Waals surface area contributed by atoms with E-state index < -0.39 is 96.7 Å². The minimum atomic E-state index is -2.84. The van der Waals surface area contributed by atoms with Gasteiger partial charge in [0.1, 0.15) is 24.1 Å². The van der Waals surface area contributed by atoms with Crippen molar-refractivity contribution in [3.8, 4) is 0 Å². The molecule has 3 rings (SSSR count). The van der Waals surface area contributed by atoms with E-state index in [1.807, 2.05) is 0 Å². The van der Waals surface area contributed by atoms with Crippen LogP contribution in [0.3, 0.4) is 0 Å². The van der Waals surface area contributed by atoms with Crippen molar-refractivity contribution in [2.45, 2.75) is 49.3 Å². The minimum Gasteiger partial charge on any atom is -0.544 e. The summed E-state index contributed by atoms with van der Waals surface area (Å²) in [5.41, 5.74) is -0.213. The van der Waals surface area contributed by atoms with E-state index in [0.29, 0.717) is 5.02 Å². The number of nitrogens with one attached hydrogen (secondary N) is 2. The Bertz CT molecular complexity index is 1230. The van der Waals surface area contributed by atoms with Crippen LogP contribution in [0.15, 0.2) is 42.5 Å². The van der Waals surface area contributed by atoms with Crippen LogP contribution in [0.5, 0.6) is 0 Å². The normalized spacial score (nSPS) is 23.5. The predicted octanol–water partition coefficient (Wildman–Crippen LogP) is -3.39. The van der Waals surface area contributed by atoms with Gasteiger partial charge in [-0.05, 0) is 30.3 Å². The average Bonchev–Trinajstić information content (AvgIpc) is 2.93. The molecule has 16 heteroatoms. The van der Waals surface area contributed by atoms with Gasteiger partial charge < -0.3 is 45.3 Å². The van der Waals surface area contributed by atoms with Crippen LogP contribution >= 0.6 is 23.2 Å². The van der Waals surface area contributed by atoms with Crippen molar-refractivity contribution in [3.05, 3.63) is 70.2 Å². The molecule has 1 saturated heterocycles. The summed E-state index contributed by atoms with van der Waals surface area (Å²) in [6.45, 7) is -1.44. The molecule has 0 aromatic heterocycles. The van der Waals surface area contributed by atoms with Gasteiger partial charge in [-0.15, -0.1) is 11.6 Å². The van der Waals surface area contributed by atoms with Crippen molar-refractivity contribution >= 4 is 41.0 Å². The SMILES string of the molecule is O=C(CCl)N[C@H]1[C@H]([C@@H](O)[C@H](O)CNC(=O)c2ccc(Cl)cc2)O[C@@](OCc2cccc(F)c2F)(C(=O)[O-])C[C@@H]1O.[Na+]. The molecule has 2 aromatic carbocycles. The summed E-state index contributed by atoms with van der Waals surface area (Å²) >= 11 is 11.3. The topological polar surface area (TPSA) is 177 Å². The van der Waals surface area contributed by atoms with Crippen LogP contribution in [0, 0.1) is 11.6 Å². The molecule has 0 bridgehead atoms. The molecule has 1 aliphatic rings. The number of aliphatic carboxylic acids is 1. The Morgan fingerprint density at radius 2 is 1.83 bits per heavy atom. The second kappa shape index (κ2) is 15.5. The Labute approximate surface area is 265 Å². The van der Waals surface area contributed by atoms with E-state index in [4.69, 9.17) is 32.7 Å². The molecule has 1 fully saturated rings. The second-order valence-electron chi connectivity index (χ2n) is 8.90. The predicted molar refractivity (Wildman–Crippen MR) is 133 cm³/mol. The molecule has 2 aromatic rings. The molecule has 41 heavy (non-hydrogen) atoms. The molecule has 218 valence electrons. The van der Waals surface area contributed by atoms with Crippen molar-refractivity contribution in [3.63, 3.8) is 0 Å². The maximum atomic E-state index is 14.1. The number of hydrogen-bond donors (Lipinski definition) is 5. The third-order valence-corrected chi connectivity index (χ3v) is 6.63. The van der Waals surface area contributed by atoms with Crippen LogP contribution in [0.4, 0.5) is 8.78 Å². The summed E-state index contributed by atoms with van der Waals surface area (Å²) in [6.07, 6.45) is -8.43. The van der Waals surface area contributed by atoms with E-state index in [-0.39, 0.29) is 35.1 Å². The summed E-state index contributed by atoms with van der Waals surface area (Å²) in [6, 6.07) is 7.30. The van der Waals surface area contributed by atoms with Gasteiger partial charge in [-0.3, -0.25) is 9.59 Å². The van der Waals surface area contributed by atoms with Crippen molar-refractivity contribution in [2.24, 2.45) is 0 Å². The van der Waals surface area contributed by atoms with Gasteiger partial charge in [-0.2, -0.15) is 0 Å². The fraction of sp³-hybridized carbons (Fsp3) is 0.400. The van der Waals surface area contributed by atoms with E-state index in [2.05, 4.69) is 10.6 Å². The fourth-order valence-corrected chi connectivity index (χ4v) is 4.23. The first-order chi connectivity index (χ1) is 18.9. The van der Waals surface area contributed by atoms with E-state index in [1.54, 1.807) is 0 Å². The molecular weight excluding hydrogens is 604 g/mol. The maximum absolute atomic E-state index is 14.1. The van der Waals surface area contributed by atoms with Crippen molar-refractivity contribution in [2.75, 3.05) is 12.4 Å². The van der Waals surface area contributed by atoms with Gasteiger partial charge in [0.2, 0.25) is 11.7 Å². The zero-order valence-corrected chi connectivity index (χ0v) is 25.1. The molecule has 5 N–H and O–H groups in total. The van der Waals surface area contributed by atoms with Gasteiger partial charge >= 0.3 is 29.6 Å². The molecule has 0 spiro atoms. The molecule has 0 aliphatic carbocycles. The molecule has 11 nitrogen and oxygen atoms in total. The Kier molecular flexibility index (Phi) is 13.4. The van der Waals surface area contributed by atoms with E-state index in [1.165, 1.54) is 24.3 Å². The molecule has 2 amide bonds. The smallest absolute Gasteiger partial charge is 0.544 e. The van der Waals surface area contributed by atoms with Gasteiger partial charge in [-0.1, -0.05) is 23.7 Å². The zero-order chi connectivity index (χ0) is 29.6. The van der Waals surface area contributed by atoms with Gasteiger partial charge in [0.25, 0.3) is 5.91 Å². The summed E-state index contributed by atoms with van der Waals surface area (Å²) in [7, 11) is 0. The molecule has 0 radical (unpaired) electrons. The van der Waals surface area contributed by atoms with Crippen molar-refractivity contribution in [1.82, 2.24) is 10.6 Å². The first-order valence-corrected chi connectivity index (χ1v) is 12.7. The van der Waals surface area contributed by atoms with Gasteiger partial charge in [-0.25, -0.2) is 8.78 Å². The first kappa shape index (κ1) is 35.3. The van der Waals surface area contributed by atoms with Crippen LogP contribution in [0.2, 0.25) is 5.02 Å². The number of aliphatic hydroxyl groups excluding tert-OH is 3. The molecule has 0 unspecified atom stereocenters. The van der Waals surface area contributed by atoms with Crippen LogP contribution in [0.1, 0.15) is 22.3 Å². The number of carbonyl (C=O) groups excluding carboxylic acids is 3. The molecule has 1 heterocycles. The van der Waals surface area contributed by atoms with Crippen molar-refractivity contribution < 1.29 is 82.6 Å². The number of aliphatic hydroxyl groups is 3. The van der Waals surface area contributed by atoms with E-state index in [9.17, 15) is 43.6 Å². The van der Waals surface area contributed by atoms with E-state index >= 15 is 0 Å². The number of benzene rings is 2. The number of alkyl halides is 1. The quantitative estimate of drug-likeness (QED) is 0.125. The first-order valence-electron chi connectivity index (χ1n) is 11.8. The number of ether oxygens (including phenoxy) is 2. The number of amides is 2. The van der Waals surface area contributed by atoms with Gasteiger partial charge in [0, 0.05) is 29.1 Å². The minimum absolute atomic E-state index is 0. The number of hydrogen-bond acceptors (Lipinski definition) is 9. The molecular formula is C25H25Cl2F2N2NaO9. The summed E-state index contributed by atoms with van der Waals surface area (Å²) in [4.78, 5) is 36.5. The molecule has 0 saturated carbocycles. The Morgan fingerprint density at radius 1 is 1.17 bits per heavy atom. The second-order valence-corrected chi connectivity index (χ2v) is 9.60. The number of carboxylic acid groups (broad SMARTS) is 1. The van der Waals surface area contributed by atoms with Crippen LogP contribution in [-0.2, 0) is 25.7 Å². The van der Waals surface area contributed by atoms with Crippen LogP contribution < -0.4 is 45.3 Å². The number of carbonyl (C=O) groups is 3. The van der Waals surface area contributed by atoms with Crippen molar-refractivity contribution in [1.29, 1.82) is 0 Å². The number of carboxylic acids is 1. The fourth-order valence-electron chi connectivity index (χ4n) is 4.03. The Balaban J connectivity index is 0.00000588. The Hall–Kier alpha value is -1.91. The summed E-state index contributed by atoms with van der Waals surface area (Å²) in [5.74, 6) is -9.49. The number of rotatable bonds is 11. The third-order valence-electron chi connectivity index (χ3n) is 6.13. The molecule has 1 aliphatic heterocycles.